The van der Waals surface area contributed by atoms with Crippen LogP contribution in [0.15, 0.2) is 18.2 Å². The maximum Gasteiger partial charge on any atom is 0.159 e. The van der Waals surface area contributed by atoms with E-state index in [1.807, 2.05) is 0 Å². The first-order valence-electron chi connectivity index (χ1n) is 5.67. The topological polar surface area (TPSA) is 35.8 Å². The second-order valence-corrected chi connectivity index (χ2v) is 4.69. The summed E-state index contributed by atoms with van der Waals surface area (Å²) in [6, 6.07) is 6.08. The maximum absolute atomic E-state index is 12.9. The van der Waals surface area contributed by atoms with Crippen molar-refractivity contribution in [3.05, 3.63) is 35.4 Å². The van der Waals surface area contributed by atoms with E-state index >= 15 is 0 Å². The molecule has 2 rings (SSSR count). The average molecular weight is 236 g/mol. The summed E-state index contributed by atoms with van der Waals surface area (Å²) in [6.45, 7) is 1.27. The third-order valence-corrected chi connectivity index (χ3v) is 3.22. The Morgan fingerprint density at radius 1 is 1.29 bits per heavy atom. The third-order valence-electron chi connectivity index (χ3n) is 3.22. The van der Waals surface area contributed by atoms with E-state index in [4.69, 9.17) is 5.26 Å². The molecule has 0 aliphatic heterocycles. The van der Waals surface area contributed by atoms with Crippen LogP contribution in [0.5, 0.6) is 0 Å². The number of nitrogens with zero attached hydrogens (tertiary/aromatic N) is 1. The zero-order valence-electron chi connectivity index (χ0n) is 9.47. The van der Waals surface area contributed by atoms with Gasteiger partial charge in [0.15, 0.2) is 11.6 Å². The fourth-order valence-electron chi connectivity index (χ4n) is 1.88. The van der Waals surface area contributed by atoms with Crippen LogP contribution in [0, 0.1) is 28.4 Å². The fraction of sp³-hybridized carbons (Fsp3) is 0.462. The van der Waals surface area contributed by atoms with Gasteiger partial charge in [-0.2, -0.15) is 5.26 Å². The van der Waals surface area contributed by atoms with Crippen molar-refractivity contribution in [1.29, 1.82) is 5.26 Å². The van der Waals surface area contributed by atoms with Gasteiger partial charge in [-0.05, 0) is 36.0 Å². The highest BCUT2D eigenvalue weighted by molar-refractivity contribution is 5.17. The van der Waals surface area contributed by atoms with Crippen molar-refractivity contribution in [1.82, 2.24) is 5.32 Å². The van der Waals surface area contributed by atoms with Crippen molar-refractivity contribution in [2.45, 2.75) is 25.8 Å². The van der Waals surface area contributed by atoms with Crippen molar-refractivity contribution in [2.75, 3.05) is 6.54 Å². The predicted octanol–water partition coefficient (Wildman–Crippen LogP) is 2.75. The molecule has 90 valence electrons. The highest BCUT2D eigenvalue weighted by Gasteiger charge is 2.41. The maximum atomic E-state index is 12.9. The summed E-state index contributed by atoms with van der Waals surface area (Å²) in [6.07, 6.45) is 2.72. The Morgan fingerprint density at radius 2 is 2.06 bits per heavy atom. The normalized spacial score (nSPS) is 16.5. The van der Waals surface area contributed by atoms with Gasteiger partial charge in [0.1, 0.15) is 0 Å². The molecule has 1 aromatic rings. The zero-order chi connectivity index (χ0) is 12.3. The highest BCUT2D eigenvalue weighted by Crippen LogP contribution is 2.47. The number of rotatable bonds is 5. The lowest BCUT2D eigenvalue weighted by atomic mass is 10.0. The Labute approximate surface area is 99.3 Å². The van der Waals surface area contributed by atoms with Crippen LogP contribution >= 0.6 is 0 Å². The molecular weight excluding hydrogens is 222 g/mol. The molecule has 0 amide bonds. The Bertz CT molecular complexity index is 447. The van der Waals surface area contributed by atoms with Crippen LogP contribution in [-0.4, -0.2) is 6.54 Å². The molecule has 1 fully saturated rings. The minimum Gasteiger partial charge on any atom is -0.312 e. The lowest BCUT2D eigenvalue weighted by molar-refractivity contribution is 0.464. The molecule has 1 aliphatic carbocycles. The monoisotopic (exact) mass is 236 g/mol. The van der Waals surface area contributed by atoms with Crippen LogP contribution in [0.3, 0.4) is 0 Å². The van der Waals surface area contributed by atoms with Gasteiger partial charge < -0.3 is 5.32 Å². The minimum atomic E-state index is -0.822. The van der Waals surface area contributed by atoms with Gasteiger partial charge in [-0.25, -0.2) is 8.78 Å². The first-order valence-corrected chi connectivity index (χ1v) is 5.67. The van der Waals surface area contributed by atoms with Crippen LogP contribution in [0.25, 0.3) is 0 Å². The van der Waals surface area contributed by atoms with Crippen molar-refractivity contribution < 1.29 is 8.78 Å². The Balaban J connectivity index is 1.82. The van der Waals surface area contributed by atoms with E-state index in [1.165, 1.54) is 6.07 Å². The number of nitrogens with one attached hydrogen (secondary N) is 1. The molecule has 1 N–H and O–H groups in total. The second kappa shape index (κ2) is 4.80. The van der Waals surface area contributed by atoms with Crippen molar-refractivity contribution in [3.63, 3.8) is 0 Å². The van der Waals surface area contributed by atoms with Crippen LogP contribution in [0.1, 0.15) is 24.8 Å². The molecule has 4 heteroatoms. The molecule has 0 spiro atoms. The van der Waals surface area contributed by atoms with E-state index in [0.717, 1.165) is 31.0 Å². The second-order valence-electron chi connectivity index (χ2n) is 4.69. The molecule has 1 saturated carbocycles. The molecule has 0 aromatic heterocycles. The van der Waals surface area contributed by atoms with Crippen molar-refractivity contribution in [2.24, 2.45) is 5.41 Å². The lowest BCUT2D eigenvalue weighted by Crippen LogP contribution is -2.23. The van der Waals surface area contributed by atoms with Crippen LogP contribution in [-0.2, 0) is 6.54 Å². The summed E-state index contributed by atoms with van der Waals surface area (Å²) in [5, 5.41) is 11.9. The molecule has 0 saturated heterocycles. The average Bonchev–Trinajstić information content (AvgIpc) is 3.04. The molecule has 0 atom stereocenters. The van der Waals surface area contributed by atoms with Crippen molar-refractivity contribution in [3.8, 4) is 6.07 Å². The quantitative estimate of drug-likeness (QED) is 0.853. The standard InChI is InChI=1S/C13H14F2N2/c14-11-2-1-10(7-12(11)15)8-17-9-13(3-4-13)5-6-16/h1-2,7,17H,3-5,8-9H2. The summed E-state index contributed by atoms with van der Waals surface area (Å²) in [5.74, 6) is -1.64. The van der Waals surface area contributed by atoms with Crippen LogP contribution in [0.2, 0.25) is 0 Å². The summed E-state index contributed by atoms with van der Waals surface area (Å²) in [7, 11) is 0. The molecule has 0 radical (unpaired) electrons. The number of hydrogen-bond acceptors (Lipinski definition) is 2. The molecule has 0 bridgehead atoms. The highest BCUT2D eigenvalue weighted by atomic mass is 19.2. The van der Waals surface area contributed by atoms with Gasteiger partial charge in [0.05, 0.1) is 6.07 Å². The van der Waals surface area contributed by atoms with E-state index in [-0.39, 0.29) is 5.41 Å². The van der Waals surface area contributed by atoms with E-state index in [9.17, 15) is 8.78 Å². The largest absolute Gasteiger partial charge is 0.312 e. The molecule has 0 heterocycles. The molecule has 2 nitrogen and oxygen atoms in total. The first kappa shape index (κ1) is 12.0. The molecule has 17 heavy (non-hydrogen) atoms. The van der Waals surface area contributed by atoms with Crippen LogP contribution < -0.4 is 5.32 Å². The van der Waals surface area contributed by atoms with E-state index < -0.39 is 11.6 Å². The molecule has 0 unspecified atom stereocenters. The summed E-state index contributed by atoms with van der Waals surface area (Å²) < 4.78 is 25.6. The van der Waals surface area contributed by atoms with E-state index in [2.05, 4.69) is 11.4 Å². The van der Waals surface area contributed by atoms with Crippen molar-refractivity contribution >= 4 is 0 Å². The zero-order valence-corrected chi connectivity index (χ0v) is 9.47. The van der Waals surface area contributed by atoms with Gasteiger partial charge in [0.2, 0.25) is 0 Å². The smallest absolute Gasteiger partial charge is 0.159 e. The van der Waals surface area contributed by atoms with Gasteiger partial charge >= 0.3 is 0 Å². The fourth-order valence-corrected chi connectivity index (χ4v) is 1.88. The summed E-state index contributed by atoms with van der Waals surface area (Å²) >= 11 is 0. The molecular formula is C13H14F2N2. The lowest BCUT2D eigenvalue weighted by Gasteiger charge is -2.12. The number of nitriles is 1. The number of benzene rings is 1. The van der Waals surface area contributed by atoms with Gasteiger partial charge in [0, 0.05) is 19.5 Å². The van der Waals surface area contributed by atoms with Gasteiger partial charge in [0.25, 0.3) is 0 Å². The minimum absolute atomic E-state index is 0.132. The van der Waals surface area contributed by atoms with Gasteiger partial charge in [-0.15, -0.1) is 0 Å². The number of hydrogen-bond donors (Lipinski definition) is 1. The van der Waals surface area contributed by atoms with Crippen LogP contribution in [0.4, 0.5) is 8.78 Å². The van der Waals surface area contributed by atoms with E-state index in [0.29, 0.717) is 13.0 Å². The molecule has 1 aliphatic rings. The SMILES string of the molecule is N#CCC1(CNCc2ccc(F)c(F)c2)CC1. The van der Waals surface area contributed by atoms with Gasteiger partial charge in [-0.3, -0.25) is 0 Å². The van der Waals surface area contributed by atoms with Gasteiger partial charge in [-0.1, -0.05) is 6.07 Å². The summed E-state index contributed by atoms with van der Waals surface area (Å²) in [5.41, 5.74) is 0.851. The van der Waals surface area contributed by atoms with E-state index in [1.54, 1.807) is 6.07 Å². The Morgan fingerprint density at radius 3 is 2.65 bits per heavy atom. The number of halogens is 2. The third kappa shape index (κ3) is 3.01. The Kier molecular flexibility index (Phi) is 3.39. The first-order chi connectivity index (χ1) is 8.15. The predicted molar refractivity (Wildman–Crippen MR) is 60.0 cm³/mol. The summed E-state index contributed by atoms with van der Waals surface area (Å²) in [4.78, 5) is 0. The molecule has 1 aromatic carbocycles. The Hall–Kier alpha value is -1.47.